The van der Waals surface area contributed by atoms with Crippen LogP contribution in [0.4, 0.5) is 0 Å². The average molecular weight is 402 g/mol. The van der Waals surface area contributed by atoms with E-state index in [0.717, 1.165) is 12.8 Å². The Morgan fingerprint density at radius 3 is 2.66 bits per heavy atom. The highest BCUT2D eigenvalue weighted by Gasteiger charge is 2.83. The smallest absolute Gasteiger partial charge is 0.303 e. The van der Waals surface area contributed by atoms with Crippen LogP contribution in [0, 0.1) is 39.9 Å². The molecule has 0 aromatic heterocycles. The number of carbonyl (C=O) groups excluding carboxylic acids is 3. The second-order valence-electron chi connectivity index (χ2n) is 10.6. The van der Waals surface area contributed by atoms with Gasteiger partial charge in [0.05, 0.1) is 6.10 Å². The van der Waals surface area contributed by atoms with Gasteiger partial charge >= 0.3 is 5.97 Å². The zero-order valence-corrected chi connectivity index (χ0v) is 17.3. The van der Waals surface area contributed by atoms with Crippen LogP contribution in [0.25, 0.3) is 0 Å². The molecule has 5 aliphatic rings. The van der Waals surface area contributed by atoms with Crippen LogP contribution in [-0.4, -0.2) is 46.1 Å². The summed E-state index contributed by atoms with van der Waals surface area (Å²) in [4.78, 5) is 36.5. The first-order chi connectivity index (χ1) is 13.5. The highest BCUT2D eigenvalue weighted by molar-refractivity contribution is 6.00. The lowest BCUT2D eigenvalue weighted by molar-refractivity contribution is -0.182. The fraction of sp³-hybridized carbons (Fsp3) is 0.783. The van der Waals surface area contributed by atoms with Gasteiger partial charge in [-0.05, 0) is 61.3 Å². The van der Waals surface area contributed by atoms with E-state index in [1.807, 2.05) is 6.92 Å². The van der Waals surface area contributed by atoms with Crippen molar-refractivity contribution >= 4 is 17.5 Å². The Balaban J connectivity index is 1.47. The Morgan fingerprint density at radius 1 is 1.24 bits per heavy atom. The molecule has 0 aliphatic heterocycles. The Kier molecular flexibility index (Phi) is 3.74. The van der Waals surface area contributed by atoms with Crippen LogP contribution in [0.3, 0.4) is 0 Å². The number of ketones is 2. The number of esters is 1. The molecule has 158 valence electrons. The first-order valence-electron chi connectivity index (χ1n) is 10.8. The van der Waals surface area contributed by atoms with E-state index in [9.17, 15) is 24.6 Å². The molecule has 5 aliphatic carbocycles. The molecule has 0 amide bonds. The van der Waals surface area contributed by atoms with E-state index in [-0.39, 0.29) is 40.3 Å². The summed E-state index contributed by atoms with van der Waals surface area (Å²) in [6.45, 7) is 4.89. The Hall–Kier alpha value is -1.53. The van der Waals surface area contributed by atoms with Crippen molar-refractivity contribution in [2.45, 2.75) is 64.6 Å². The summed E-state index contributed by atoms with van der Waals surface area (Å²) in [5.74, 6) is -0.544. The van der Waals surface area contributed by atoms with Crippen molar-refractivity contribution in [2.24, 2.45) is 39.9 Å². The van der Waals surface area contributed by atoms with Gasteiger partial charge in [-0.3, -0.25) is 14.4 Å². The molecule has 6 heteroatoms. The lowest BCUT2D eigenvalue weighted by Crippen LogP contribution is -2.60. The molecule has 6 nitrogen and oxygen atoms in total. The first kappa shape index (κ1) is 19.4. The molecule has 0 saturated heterocycles. The quantitative estimate of drug-likeness (QED) is 0.699. The Labute approximate surface area is 170 Å². The van der Waals surface area contributed by atoms with E-state index >= 15 is 0 Å². The van der Waals surface area contributed by atoms with Gasteiger partial charge in [0.25, 0.3) is 0 Å². The number of fused-ring (bicyclic) bond motifs is 5. The van der Waals surface area contributed by atoms with Gasteiger partial charge in [-0.2, -0.15) is 0 Å². The molecule has 0 aromatic carbocycles. The van der Waals surface area contributed by atoms with E-state index in [0.29, 0.717) is 19.3 Å². The van der Waals surface area contributed by atoms with Gasteiger partial charge in [0, 0.05) is 23.7 Å². The molecule has 0 radical (unpaired) electrons. The summed E-state index contributed by atoms with van der Waals surface area (Å²) in [6.07, 6.45) is 6.34. The summed E-state index contributed by atoms with van der Waals surface area (Å²) >= 11 is 0. The number of allylic oxidation sites excluding steroid dienone is 2. The number of aliphatic hydroxyl groups is 2. The minimum atomic E-state index is -1.59. The largest absolute Gasteiger partial charge is 0.458 e. The summed E-state index contributed by atoms with van der Waals surface area (Å²) in [5.41, 5.74) is -2.66. The monoisotopic (exact) mass is 402 g/mol. The molecular formula is C23H30O6. The number of carbonyl (C=O) groups is 3. The minimum Gasteiger partial charge on any atom is -0.458 e. The summed E-state index contributed by atoms with van der Waals surface area (Å²) in [5, 5.41) is 22.8. The van der Waals surface area contributed by atoms with Crippen LogP contribution in [0.15, 0.2) is 12.2 Å². The van der Waals surface area contributed by atoms with Crippen LogP contribution >= 0.6 is 0 Å². The van der Waals surface area contributed by atoms with Gasteiger partial charge in [0.15, 0.2) is 12.4 Å². The summed E-state index contributed by atoms with van der Waals surface area (Å²) < 4.78 is 4.88. The fourth-order valence-electron chi connectivity index (χ4n) is 8.65. The van der Waals surface area contributed by atoms with E-state index < -0.39 is 35.5 Å². The maximum absolute atomic E-state index is 12.9. The van der Waals surface area contributed by atoms with Gasteiger partial charge in [-0.1, -0.05) is 19.9 Å². The van der Waals surface area contributed by atoms with Crippen LogP contribution in [0.2, 0.25) is 0 Å². The number of aliphatic hydroxyl groups excluding tert-OH is 1. The highest BCUT2D eigenvalue weighted by Crippen LogP contribution is 2.84. The van der Waals surface area contributed by atoms with Crippen molar-refractivity contribution in [1.82, 2.24) is 0 Å². The van der Waals surface area contributed by atoms with Crippen molar-refractivity contribution in [2.75, 3.05) is 6.61 Å². The van der Waals surface area contributed by atoms with Crippen LogP contribution in [-0.2, 0) is 19.1 Å². The van der Waals surface area contributed by atoms with Crippen LogP contribution < -0.4 is 0 Å². The second kappa shape index (κ2) is 5.58. The van der Waals surface area contributed by atoms with E-state index in [1.165, 1.54) is 6.92 Å². The Morgan fingerprint density at radius 2 is 1.97 bits per heavy atom. The third kappa shape index (κ3) is 2.03. The second-order valence-corrected chi connectivity index (χ2v) is 10.6. The lowest BCUT2D eigenvalue weighted by atomic mass is 9.49. The topological polar surface area (TPSA) is 101 Å². The van der Waals surface area contributed by atoms with E-state index in [1.54, 1.807) is 6.08 Å². The normalized spacial score (nSPS) is 54.2. The maximum atomic E-state index is 12.9. The number of Topliss-reactive ketones (excluding diaryl/α,β-unsaturated/α-hetero) is 1. The number of hydrogen-bond donors (Lipinski definition) is 2. The molecule has 0 bridgehead atoms. The third-order valence-electron chi connectivity index (χ3n) is 9.92. The van der Waals surface area contributed by atoms with Crippen molar-refractivity contribution in [3.8, 4) is 0 Å². The van der Waals surface area contributed by atoms with Crippen molar-refractivity contribution in [3.05, 3.63) is 12.2 Å². The van der Waals surface area contributed by atoms with Crippen molar-refractivity contribution in [3.63, 3.8) is 0 Å². The number of rotatable bonds is 3. The van der Waals surface area contributed by atoms with Gasteiger partial charge in [0.2, 0.25) is 5.78 Å². The minimum absolute atomic E-state index is 0.0131. The molecule has 0 aromatic rings. The van der Waals surface area contributed by atoms with Gasteiger partial charge in [-0.15, -0.1) is 0 Å². The molecule has 5 rings (SSSR count). The Bertz CT molecular complexity index is 848. The van der Waals surface area contributed by atoms with Crippen LogP contribution in [0.5, 0.6) is 0 Å². The van der Waals surface area contributed by atoms with Gasteiger partial charge < -0.3 is 14.9 Å². The predicted molar refractivity (Wildman–Crippen MR) is 102 cm³/mol. The zero-order valence-electron chi connectivity index (χ0n) is 17.3. The average Bonchev–Trinajstić information content (AvgIpc) is 2.84. The molecule has 29 heavy (non-hydrogen) atoms. The first-order valence-corrected chi connectivity index (χ1v) is 10.8. The fourth-order valence-corrected chi connectivity index (χ4v) is 8.65. The lowest BCUT2D eigenvalue weighted by Gasteiger charge is -2.56. The van der Waals surface area contributed by atoms with E-state index in [4.69, 9.17) is 4.74 Å². The standard InChI is InChI=1S/C23H30O6/c1-12(24)29-11-17(27)23(28)9-5-14-13-4-7-22-8-6-15(25)19(22)21(22,3)18(13)16(26)10-20(14,23)2/h6,8,13-14,16,18-19,26,28H,4-5,7,9-11H2,1-3H3/t13-,14-,16-,18+,19+,20-,21+,22+,23-/m0/s1. The third-order valence-corrected chi connectivity index (χ3v) is 9.92. The van der Waals surface area contributed by atoms with Crippen molar-refractivity contribution in [1.29, 1.82) is 0 Å². The molecule has 9 atom stereocenters. The molecular weight excluding hydrogens is 372 g/mol. The molecule has 4 fully saturated rings. The van der Waals surface area contributed by atoms with E-state index in [2.05, 4.69) is 13.0 Å². The maximum Gasteiger partial charge on any atom is 0.303 e. The summed E-state index contributed by atoms with van der Waals surface area (Å²) in [7, 11) is 0. The molecule has 0 heterocycles. The zero-order chi connectivity index (χ0) is 21.0. The SMILES string of the molecule is CC(=O)OCC(=O)[C@@]1(O)CC[C@H]2[C@@H]3CC[C@@]45C=CC(=O)[C@@H]4[C@@]5(C)[C@H]3[C@@H](O)C[C@@]21C. The molecule has 1 spiro atoms. The van der Waals surface area contributed by atoms with Gasteiger partial charge in [-0.25, -0.2) is 0 Å². The molecule has 2 N–H and O–H groups in total. The molecule has 4 saturated carbocycles. The van der Waals surface area contributed by atoms with Gasteiger partial charge in [0.1, 0.15) is 5.60 Å². The highest BCUT2D eigenvalue weighted by atomic mass is 16.5. The summed E-state index contributed by atoms with van der Waals surface area (Å²) in [6, 6.07) is 0. The predicted octanol–water partition coefficient (Wildman–Crippen LogP) is 1.82. The number of hydrogen-bond acceptors (Lipinski definition) is 6. The van der Waals surface area contributed by atoms with Crippen molar-refractivity contribution < 1.29 is 29.3 Å². The molecule has 0 unspecified atom stereocenters. The van der Waals surface area contributed by atoms with Crippen LogP contribution in [0.1, 0.15) is 52.9 Å². The number of ether oxygens (including phenoxy) is 1.